The van der Waals surface area contributed by atoms with E-state index in [-0.39, 0.29) is 12.5 Å². The number of carbonyl (C=O) groups is 1. The Morgan fingerprint density at radius 3 is 2.89 bits per heavy atom. The third-order valence-corrected chi connectivity index (χ3v) is 4.73. The van der Waals surface area contributed by atoms with Crippen molar-refractivity contribution in [1.82, 2.24) is 30.0 Å². The Morgan fingerprint density at radius 1 is 1.21 bits per heavy atom. The van der Waals surface area contributed by atoms with E-state index in [0.717, 1.165) is 29.6 Å². The van der Waals surface area contributed by atoms with Crippen LogP contribution in [0.1, 0.15) is 46.5 Å². The number of nitrogens with zero attached hydrogens (tertiary/aromatic N) is 5. The SMILES string of the molecule is O=C(NCc1nc(Cc2ccccc2)no1)c1cnc2c(c1)ncn2C1CC1. The van der Waals surface area contributed by atoms with E-state index in [1.165, 1.54) is 0 Å². The van der Waals surface area contributed by atoms with E-state index >= 15 is 0 Å². The predicted molar refractivity (Wildman–Crippen MR) is 101 cm³/mol. The van der Waals surface area contributed by atoms with E-state index in [1.54, 1.807) is 18.6 Å². The van der Waals surface area contributed by atoms with Crippen LogP contribution in [-0.2, 0) is 13.0 Å². The van der Waals surface area contributed by atoms with Crippen molar-refractivity contribution in [2.45, 2.75) is 31.8 Å². The predicted octanol–water partition coefficient (Wildman–Crippen LogP) is 2.67. The number of carbonyl (C=O) groups excluding carboxylic acids is 1. The summed E-state index contributed by atoms with van der Waals surface area (Å²) in [6.07, 6.45) is 6.27. The van der Waals surface area contributed by atoms with E-state index in [2.05, 4.69) is 30.0 Å². The van der Waals surface area contributed by atoms with Crippen molar-refractivity contribution in [2.75, 3.05) is 0 Å². The van der Waals surface area contributed by atoms with Crippen LogP contribution in [0.25, 0.3) is 11.2 Å². The number of hydrogen-bond donors (Lipinski definition) is 1. The molecule has 140 valence electrons. The van der Waals surface area contributed by atoms with Crippen LogP contribution >= 0.6 is 0 Å². The molecule has 1 aliphatic carbocycles. The fourth-order valence-corrected chi connectivity index (χ4v) is 3.13. The van der Waals surface area contributed by atoms with Crippen molar-refractivity contribution >= 4 is 17.1 Å². The zero-order valence-corrected chi connectivity index (χ0v) is 15.1. The summed E-state index contributed by atoms with van der Waals surface area (Å²) < 4.78 is 7.30. The fraction of sp³-hybridized carbons (Fsp3) is 0.250. The molecule has 0 aliphatic heterocycles. The molecule has 0 saturated heterocycles. The van der Waals surface area contributed by atoms with Crippen molar-refractivity contribution in [3.05, 3.63) is 71.8 Å². The molecule has 28 heavy (non-hydrogen) atoms. The monoisotopic (exact) mass is 374 g/mol. The minimum atomic E-state index is -0.252. The van der Waals surface area contributed by atoms with E-state index in [1.807, 2.05) is 30.3 Å². The Hall–Kier alpha value is -3.55. The fourth-order valence-electron chi connectivity index (χ4n) is 3.13. The normalized spacial score (nSPS) is 13.7. The lowest BCUT2D eigenvalue weighted by molar-refractivity contribution is 0.0946. The minimum Gasteiger partial charge on any atom is -0.343 e. The van der Waals surface area contributed by atoms with Gasteiger partial charge in [0.05, 0.1) is 18.4 Å². The first-order valence-electron chi connectivity index (χ1n) is 9.22. The summed E-state index contributed by atoms with van der Waals surface area (Å²) in [7, 11) is 0. The molecule has 0 unspecified atom stereocenters. The average Bonchev–Trinajstić information content (AvgIpc) is 3.32. The molecule has 3 aromatic heterocycles. The second kappa shape index (κ2) is 6.88. The van der Waals surface area contributed by atoms with E-state index in [9.17, 15) is 4.79 Å². The Balaban J connectivity index is 1.23. The van der Waals surface area contributed by atoms with Gasteiger partial charge in [0, 0.05) is 18.7 Å². The van der Waals surface area contributed by atoms with Crippen molar-refractivity contribution in [3.63, 3.8) is 0 Å². The van der Waals surface area contributed by atoms with Crippen LogP contribution in [0.4, 0.5) is 0 Å². The molecule has 5 rings (SSSR count). The Bertz CT molecular complexity index is 1130. The summed E-state index contributed by atoms with van der Waals surface area (Å²) in [6, 6.07) is 12.2. The van der Waals surface area contributed by atoms with Gasteiger partial charge in [-0.25, -0.2) is 9.97 Å². The summed E-state index contributed by atoms with van der Waals surface area (Å²) in [5.41, 5.74) is 3.10. The van der Waals surface area contributed by atoms with Crippen LogP contribution in [0.15, 0.2) is 53.4 Å². The van der Waals surface area contributed by atoms with Gasteiger partial charge < -0.3 is 14.4 Å². The number of imidazole rings is 1. The van der Waals surface area contributed by atoms with Crippen LogP contribution in [0.3, 0.4) is 0 Å². The summed E-state index contributed by atoms with van der Waals surface area (Å²) in [5.74, 6) is 0.702. The lowest BCUT2D eigenvalue weighted by Crippen LogP contribution is -2.23. The lowest BCUT2D eigenvalue weighted by Gasteiger charge is -2.03. The first kappa shape index (κ1) is 16.6. The Morgan fingerprint density at radius 2 is 2.07 bits per heavy atom. The second-order valence-electron chi connectivity index (χ2n) is 6.90. The number of pyridine rings is 1. The van der Waals surface area contributed by atoms with Gasteiger partial charge in [-0.05, 0) is 24.5 Å². The van der Waals surface area contributed by atoms with Gasteiger partial charge in [0.1, 0.15) is 5.52 Å². The van der Waals surface area contributed by atoms with Gasteiger partial charge >= 0.3 is 0 Å². The van der Waals surface area contributed by atoms with Crippen LogP contribution in [-0.4, -0.2) is 30.6 Å². The molecule has 1 aliphatic rings. The number of nitrogens with one attached hydrogen (secondary N) is 1. The van der Waals surface area contributed by atoms with Crippen LogP contribution in [0.5, 0.6) is 0 Å². The number of aromatic nitrogens is 5. The molecule has 8 heteroatoms. The molecule has 0 bridgehead atoms. The van der Waals surface area contributed by atoms with Crippen molar-refractivity contribution in [3.8, 4) is 0 Å². The zero-order chi connectivity index (χ0) is 18.9. The maximum absolute atomic E-state index is 12.4. The number of fused-ring (bicyclic) bond motifs is 1. The van der Waals surface area contributed by atoms with Crippen molar-refractivity contribution < 1.29 is 9.32 Å². The number of hydrogen-bond acceptors (Lipinski definition) is 6. The van der Waals surface area contributed by atoms with Gasteiger partial charge in [0.15, 0.2) is 11.5 Å². The third-order valence-electron chi connectivity index (χ3n) is 4.73. The summed E-state index contributed by atoms with van der Waals surface area (Å²) >= 11 is 0. The molecule has 1 fully saturated rings. The summed E-state index contributed by atoms with van der Waals surface area (Å²) in [5, 5.41) is 6.75. The molecular formula is C20H18N6O2. The first-order valence-corrected chi connectivity index (χ1v) is 9.22. The zero-order valence-electron chi connectivity index (χ0n) is 15.1. The minimum absolute atomic E-state index is 0.162. The topological polar surface area (TPSA) is 98.7 Å². The number of amides is 1. The lowest BCUT2D eigenvalue weighted by atomic mass is 10.1. The van der Waals surface area contributed by atoms with Gasteiger partial charge in [0.25, 0.3) is 5.91 Å². The molecule has 0 atom stereocenters. The van der Waals surface area contributed by atoms with Crippen molar-refractivity contribution in [1.29, 1.82) is 0 Å². The molecule has 1 saturated carbocycles. The Labute approximate surface area is 160 Å². The maximum Gasteiger partial charge on any atom is 0.253 e. The van der Waals surface area contributed by atoms with E-state index in [0.29, 0.717) is 29.7 Å². The third kappa shape index (κ3) is 3.36. The molecule has 0 spiro atoms. The highest BCUT2D eigenvalue weighted by Gasteiger charge is 2.25. The van der Waals surface area contributed by atoms with Crippen LogP contribution < -0.4 is 5.32 Å². The highest BCUT2D eigenvalue weighted by atomic mass is 16.5. The van der Waals surface area contributed by atoms with E-state index < -0.39 is 0 Å². The molecule has 0 radical (unpaired) electrons. The van der Waals surface area contributed by atoms with Gasteiger partial charge in [-0.2, -0.15) is 4.98 Å². The summed E-state index contributed by atoms with van der Waals surface area (Å²) in [4.78, 5) is 25.5. The molecule has 1 N–H and O–H groups in total. The largest absolute Gasteiger partial charge is 0.343 e. The maximum atomic E-state index is 12.4. The second-order valence-corrected chi connectivity index (χ2v) is 6.90. The number of rotatable bonds is 6. The van der Waals surface area contributed by atoms with Gasteiger partial charge in [-0.1, -0.05) is 35.5 Å². The molecule has 8 nitrogen and oxygen atoms in total. The highest BCUT2D eigenvalue weighted by molar-refractivity contribution is 5.96. The van der Waals surface area contributed by atoms with Gasteiger partial charge in [-0.15, -0.1) is 0 Å². The molecule has 1 amide bonds. The van der Waals surface area contributed by atoms with Crippen LogP contribution in [0, 0.1) is 0 Å². The van der Waals surface area contributed by atoms with Gasteiger partial charge in [-0.3, -0.25) is 4.79 Å². The molecule has 3 heterocycles. The highest BCUT2D eigenvalue weighted by Crippen LogP contribution is 2.36. The molecule has 4 aromatic rings. The van der Waals surface area contributed by atoms with E-state index in [4.69, 9.17) is 4.52 Å². The standard InChI is InChI=1S/C20H18N6O2/c27-20(14-9-16-19(21-10-14)26(12-23-16)15-6-7-15)22-11-18-24-17(25-28-18)8-13-4-2-1-3-5-13/h1-5,9-10,12,15H,6-8,11H2,(H,22,27). The quantitative estimate of drug-likeness (QED) is 0.557. The van der Waals surface area contributed by atoms with Crippen molar-refractivity contribution in [2.24, 2.45) is 0 Å². The summed E-state index contributed by atoms with van der Waals surface area (Å²) in [6.45, 7) is 0.162. The smallest absolute Gasteiger partial charge is 0.253 e. The first-order chi connectivity index (χ1) is 13.8. The Kier molecular flexibility index (Phi) is 4.08. The number of benzene rings is 1. The molecule has 1 aromatic carbocycles. The van der Waals surface area contributed by atoms with Crippen LogP contribution in [0.2, 0.25) is 0 Å². The van der Waals surface area contributed by atoms with Gasteiger partial charge in [0.2, 0.25) is 5.89 Å². The average molecular weight is 374 g/mol. The molecular weight excluding hydrogens is 356 g/mol.